The van der Waals surface area contributed by atoms with Crippen LogP contribution in [0.5, 0.6) is 5.75 Å². The Balaban J connectivity index is 0.00000242. The molecule has 2 N–H and O–H groups in total. The molecule has 1 aromatic carbocycles. The molecule has 22 heavy (non-hydrogen) atoms. The molecule has 4 nitrogen and oxygen atoms in total. The van der Waals surface area contributed by atoms with Gasteiger partial charge in [-0.05, 0) is 76.4 Å². The molecule has 0 radical (unpaired) electrons. The van der Waals surface area contributed by atoms with Crippen LogP contribution in [0.4, 0.5) is 5.69 Å². The molecule has 5 heteroatoms. The van der Waals surface area contributed by atoms with E-state index in [1.165, 1.54) is 12.8 Å². The first-order chi connectivity index (χ1) is 10.1. The zero-order valence-electron chi connectivity index (χ0n) is 13.4. The van der Waals surface area contributed by atoms with Crippen molar-refractivity contribution in [2.45, 2.75) is 45.6 Å². The van der Waals surface area contributed by atoms with Gasteiger partial charge in [-0.15, -0.1) is 12.4 Å². The van der Waals surface area contributed by atoms with Gasteiger partial charge in [0.1, 0.15) is 5.75 Å². The number of ether oxygens (including phenoxy) is 1. The molecule has 1 aliphatic rings. The largest absolute Gasteiger partial charge is 0.491 e. The SMILES string of the molecule is CC(C)Oc1ccc(NC(=O)CCC2CCNCC2)cc1.Cl. The molecule has 1 saturated heterocycles. The Kier molecular flexibility index (Phi) is 8.28. The summed E-state index contributed by atoms with van der Waals surface area (Å²) in [6.45, 7) is 6.17. The minimum absolute atomic E-state index is 0. The summed E-state index contributed by atoms with van der Waals surface area (Å²) in [7, 11) is 0. The first kappa shape index (κ1) is 18.8. The quantitative estimate of drug-likeness (QED) is 0.839. The minimum atomic E-state index is 0. The number of piperidine rings is 1. The molecule has 1 heterocycles. The molecule has 124 valence electrons. The Hall–Kier alpha value is -1.26. The van der Waals surface area contributed by atoms with Crippen LogP contribution >= 0.6 is 12.4 Å². The van der Waals surface area contributed by atoms with Crippen LogP contribution in [0, 0.1) is 5.92 Å². The lowest BCUT2D eigenvalue weighted by Gasteiger charge is -2.22. The molecule has 0 bridgehead atoms. The highest BCUT2D eigenvalue weighted by molar-refractivity contribution is 5.90. The third-order valence-electron chi connectivity index (χ3n) is 3.75. The highest BCUT2D eigenvalue weighted by Gasteiger charge is 2.14. The maximum absolute atomic E-state index is 12.0. The van der Waals surface area contributed by atoms with Gasteiger partial charge < -0.3 is 15.4 Å². The van der Waals surface area contributed by atoms with Crippen molar-refractivity contribution in [1.29, 1.82) is 0 Å². The van der Waals surface area contributed by atoms with Crippen LogP contribution in [0.25, 0.3) is 0 Å². The monoisotopic (exact) mass is 326 g/mol. The van der Waals surface area contributed by atoms with Crippen LogP contribution in [0.3, 0.4) is 0 Å². The Morgan fingerprint density at radius 2 is 1.91 bits per heavy atom. The van der Waals surface area contributed by atoms with Crippen molar-refractivity contribution in [1.82, 2.24) is 5.32 Å². The van der Waals surface area contributed by atoms with E-state index in [2.05, 4.69) is 10.6 Å². The van der Waals surface area contributed by atoms with E-state index in [4.69, 9.17) is 4.74 Å². The van der Waals surface area contributed by atoms with Gasteiger partial charge in [0.15, 0.2) is 0 Å². The second-order valence-electron chi connectivity index (χ2n) is 5.97. The molecule has 0 atom stereocenters. The number of rotatable bonds is 6. The zero-order chi connectivity index (χ0) is 15.1. The fourth-order valence-electron chi connectivity index (χ4n) is 2.62. The van der Waals surface area contributed by atoms with Gasteiger partial charge in [0.25, 0.3) is 0 Å². The van der Waals surface area contributed by atoms with Gasteiger partial charge >= 0.3 is 0 Å². The molecule has 0 aliphatic carbocycles. The molecule has 1 fully saturated rings. The molecule has 0 spiro atoms. The summed E-state index contributed by atoms with van der Waals surface area (Å²) in [4.78, 5) is 12.0. The lowest BCUT2D eigenvalue weighted by molar-refractivity contribution is -0.116. The van der Waals surface area contributed by atoms with Gasteiger partial charge in [-0.2, -0.15) is 0 Å². The number of hydrogen-bond donors (Lipinski definition) is 2. The number of carbonyl (C=O) groups is 1. The van der Waals surface area contributed by atoms with E-state index in [0.29, 0.717) is 12.3 Å². The van der Waals surface area contributed by atoms with E-state index >= 15 is 0 Å². The van der Waals surface area contributed by atoms with E-state index < -0.39 is 0 Å². The second-order valence-corrected chi connectivity index (χ2v) is 5.97. The summed E-state index contributed by atoms with van der Waals surface area (Å²) in [6.07, 6.45) is 4.13. The first-order valence-electron chi connectivity index (χ1n) is 7.91. The number of nitrogens with one attached hydrogen (secondary N) is 2. The van der Waals surface area contributed by atoms with Crippen LogP contribution in [0.15, 0.2) is 24.3 Å². The standard InChI is InChI=1S/C17H26N2O2.ClH/c1-13(2)21-16-6-4-15(5-7-16)19-17(20)8-3-14-9-11-18-12-10-14;/h4-7,13-14,18H,3,8-12H2,1-2H3,(H,19,20);1H. The molecule has 0 aromatic heterocycles. The van der Waals surface area contributed by atoms with Crippen LogP contribution in [-0.2, 0) is 4.79 Å². The van der Waals surface area contributed by atoms with E-state index in [1.807, 2.05) is 38.1 Å². The molecule has 0 saturated carbocycles. The van der Waals surface area contributed by atoms with Gasteiger partial charge in [0, 0.05) is 12.1 Å². The first-order valence-corrected chi connectivity index (χ1v) is 7.91. The third kappa shape index (κ3) is 6.67. The highest BCUT2D eigenvalue weighted by atomic mass is 35.5. The summed E-state index contributed by atoms with van der Waals surface area (Å²) in [5.74, 6) is 1.63. The Labute approximate surface area is 139 Å². The second kappa shape index (κ2) is 9.70. The average molecular weight is 327 g/mol. The lowest BCUT2D eigenvalue weighted by Crippen LogP contribution is -2.28. The zero-order valence-corrected chi connectivity index (χ0v) is 14.2. The smallest absolute Gasteiger partial charge is 0.224 e. The maximum atomic E-state index is 12.0. The normalized spacial score (nSPS) is 15.2. The molecule has 1 aromatic rings. The molecule has 1 aliphatic heterocycles. The predicted octanol–water partition coefficient (Wildman–Crippen LogP) is 3.61. The van der Waals surface area contributed by atoms with Gasteiger partial charge in [-0.3, -0.25) is 4.79 Å². The van der Waals surface area contributed by atoms with Crippen LogP contribution in [0.1, 0.15) is 39.5 Å². The number of hydrogen-bond acceptors (Lipinski definition) is 3. The van der Waals surface area contributed by atoms with Crippen molar-refractivity contribution >= 4 is 24.0 Å². The van der Waals surface area contributed by atoms with E-state index in [9.17, 15) is 4.79 Å². The van der Waals surface area contributed by atoms with Gasteiger partial charge in [0.2, 0.25) is 5.91 Å². The van der Waals surface area contributed by atoms with E-state index in [0.717, 1.165) is 30.9 Å². The van der Waals surface area contributed by atoms with Crippen LogP contribution in [0.2, 0.25) is 0 Å². The number of benzene rings is 1. The summed E-state index contributed by atoms with van der Waals surface area (Å²) < 4.78 is 5.58. The highest BCUT2D eigenvalue weighted by Crippen LogP contribution is 2.20. The Bertz CT molecular complexity index is 442. The van der Waals surface area contributed by atoms with Gasteiger partial charge in [-0.1, -0.05) is 0 Å². The van der Waals surface area contributed by atoms with Crippen molar-refractivity contribution in [3.05, 3.63) is 24.3 Å². The van der Waals surface area contributed by atoms with Crippen molar-refractivity contribution < 1.29 is 9.53 Å². The van der Waals surface area contributed by atoms with Crippen LogP contribution in [-0.4, -0.2) is 25.1 Å². The Morgan fingerprint density at radius 1 is 1.27 bits per heavy atom. The molecule has 2 rings (SSSR count). The number of halogens is 1. The average Bonchev–Trinajstić information content (AvgIpc) is 2.48. The number of carbonyl (C=O) groups excluding carboxylic acids is 1. The fraction of sp³-hybridized carbons (Fsp3) is 0.588. The summed E-state index contributed by atoms with van der Waals surface area (Å²) in [5.41, 5.74) is 0.835. The minimum Gasteiger partial charge on any atom is -0.491 e. The summed E-state index contributed by atoms with van der Waals surface area (Å²) in [6, 6.07) is 7.56. The van der Waals surface area contributed by atoms with Crippen molar-refractivity contribution in [3.8, 4) is 5.75 Å². The summed E-state index contributed by atoms with van der Waals surface area (Å²) in [5, 5.41) is 6.30. The Morgan fingerprint density at radius 3 is 2.50 bits per heavy atom. The molecule has 0 unspecified atom stereocenters. The number of amides is 1. The van der Waals surface area contributed by atoms with Gasteiger partial charge in [-0.25, -0.2) is 0 Å². The topological polar surface area (TPSA) is 50.4 Å². The third-order valence-corrected chi connectivity index (χ3v) is 3.75. The van der Waals surface area contributed by atoms with Crippen molar-refractivity contribution in [3.63, 3.8) is 0 Å². The molecular formula is C17H27ClN2O2. The number of anilines is 1. The lowest BCUT2D eigenvalue weighted by atomic mass is 9.93. The van der Waals surface area contributed by atoms with Gasteiger partial charge in [0.05, 0.1) is 6.10 Å². The van der Waals surface area contributed by atoms with E-state index in [-0.39, 0.29) is 24.4 Å². The molecular weight excluding hydrogens is 300 g/mol. The maximum Gasteiger partial charge on any atom is 0.224 e. The predicted molar refractivity (Wildman–Crippen MR) is 92.9 cm³/mol. The molecule has 1 amide bonds. The van der Waals surface area contributed by atoms with E-state index in [1.54, 1.807) is 0 Å². The van der Waals surface area contributed by atoms with Crippen LogP contribution < -0.4 is 15.4 Å². The fourth-order valence-corrected chi connectivity index (χ4v) is 2.62. The van der Waals surface area contributed by atoms with Crippen molar-refractivity contribution in [2.75, 3.05) is 18.4 Å². The van der Waals surface area contributed by atoms with Crippen molar-refractivity contribution in [2.24, 2.45) is 5.92 Å². The summed E-state index contributed by atoms with van der Waals surface area (Å²) >= 11 is 0.